The molecule has 0 bridgehead atoms. The Morgan fingerprint density at radius 1 is 1.17 bits per heavy atom. The molecule has 1 nitrogen and oxygen atoms in total. The van der Waals surface area contributed by atoms with E-state index in [-0.39, 0.29) is 6.04 Å². The molecule has 0 saturated heterocycles. The molecule has 18 heavy (non-hydrogen) atoms. The molecule has 1 saturated carbocycles. The Morgan fingerprint density at radius 3 is 2.39 bits per heavy atom. The molecule has 100 valence electrons. The van der Waals surface area contributed by atoms with Gasteiger partial charge in [0, 0.05) is 6.04 Å². The van der Waals surface area contributed by atoms with Crippen LogP contribution >= 0.6 is 0 Å². The van der Waals surface area contributed by atoms with Crippen molar-refractivity contribution < 1.29 is 0 Å². The van der Waals surface area contributed by atoms with Crippen LogP contribution < -0.4 is 5.73 Å². The summed E-state index contributed by atoms with van der Waals surface area (Å²) in [5, 5.41) is 0. The van der Waals surface area contributed by atoms with E-state index in [0.717, 1.165) is 5.92 Å². The Morgan fingerprint density at radius 2 is 1.78 bits per heavy atom. The number of rotatable bonds is 3. The first-order valence-corrected chi connectivity index (χ1v) is 7.46. The zero-order valence-corrected chi connectivity index (χ0v) is 12.1. The lowest BCUT2D eigenvalue weighted by molar-refractivity contribution is 0.196. The van der Waals surface area contributed by atoms with Crippen LogP contribution in [0.2, 0.25) is 0 Å². The molecule has 0 aliphatic heterocycles. The second-order valence-electron chi connectivity index (χ2n) is 5.95. The fourth-order valence-electron chi connectivity index (χ4n) is 3.78. The van der Waals surface area contributed by atoms with E-state index in [1.54, 1.807) is 0 Å². The van der Waals surface area contributed by atoms with Crippen molar-refractivity contribution in [3.05, 3.63) is 34.9 Å². The molecule has 2 N–H and O–H groups in total. The number of aryl methyl sites for hydroxylation is 2. The van der Waals surface area contributed by atoms with Crippen molar-refractivity contribution in [3.63, 3.8) is 0 Å². The summed E-state index contributed by atoms with van der Waals surface area (Å²) in [5.41, 5.74) is 10.8. The van der Waals surface area contributed by atoms with Crippen molar-refractivity contribution >= 4 is 0 Å². The number of benzene rings is 1. The molecule has 0 spiro atoms. The molecule has 0 radical (unpaired) electrons. The van der Waals surface area contributed by atoms with E-state index < -0.39 is 0 Å². The molecule has 0 aromatic heterocycles. The zero-order chi connectivity index (χ0) is 13.1. The molecule has 1 heteroatoms. The topological polar surface area (TPSA) is 26.0 Å². The Balaban J connectivity index is 2.26. The lowest BCUT2D eigenvalue weighted by Gasteiger charge is -2.36. The van der Waals surface area contributed by atoms with Crippen molar-refractivity contribution in [1.82, 2.24) is 0 Å². The summed E-state index contributed by atoms with van der Waals surface area (Å²) in [6, 6.07) is 6.77. The lowest BCUT2D eigenvalue weighted by atomic mass is 9.71. The summed E-state index contributed by atoms with van der Waals surface area (Å²) in [6.45, 7) is 6.72. The Kier molecular flexibility index (Phi) is 4.45. The van der Waals surface area contributed by atoms with Gasteiger partial charge in [0.2, 0.25) is 0 Å². The van der Waals surface area contributed by atoms with Crippen molar-refractivity contribution in [1.29, 1.82) is 0 Å². The van der Waals surface area contributed by atoms with Gasteiger partial charge in [0.1, 0.15) is 0 Å². The van der Waals surface area contributed by atoms with E-state index in [1.807, 2.05) is 0 Å². The summed E-state index contributed by atoms with van der Waals surface area (Å²) < 4.78 is 0. The number of nitrogens with two attached hydrogens (primary N) is 1. The Labute approximate surface area is 112 Å². The molecule has 0 heterocycles. The van der Waals surface area contributed by atoms with E-state index in [0.29, 0.717) is 5.92 Å². The minimum absolute atomic E-state index is 0.233. The highest BCUT2D eigenvalue weighted by Gasteiger charge is 2.30. The van der Waals surface area contributed by atoms with Gasteiger partial charge in [-0.3, -0.25) is 0 Å². The van der Waals surface area contributed by atoms with Gasteiger partial charge in [-0.25, -0.2) is 0 Å². The zero-order valence-electron chi connectivity index (χ0n) is 12.1. The minimum atomic E-state index is 0.233. The van der Waals surface area contributed by atoms with E-state index in [4.69, 9.17) is 5.73 Å². The average Bonchev–Trinajstić information content (AvgIpc) is 2.38. The largest absolute Gasteiger partial charge is 0.324 e. The molecule has 0 amide bonds. The van der Waals surface area contributed by atoms with Gasteiger partial charge in [0.15, 0.2) is 0 Å². The molecule has 1 aliphatic rings. The average molecular weight is 245 g/mol. The lowest BCUT2D eigenvalue weighted by Crippen LogP contribution is -2.31. The molecule has 1 aromatic rings. The highest BCUT2D eigenvalue weighted by atomic mass is 14.7. The van der Waals surface area contributed by atoms with Gasteiger partial charge in [0.25, 0.3) is 0 Å². The Hall–Kier alpha value is -0.820. The molecule has 3 unspecified atom stereocenters. The normalized spacial score (nSPS) is 26.0. The van der Waals surface area contributed by atoms with Gasteiger partial charge in [-0.2, -0.15) is 0 Å². The van der Waals surface area contributed by atoms with Crippen molar-refractivity contribution in [2.24, 2.45) is 17.6 Å². The third-order valence-corrected chi connectivity index (χ3v) is 4.83. The van der Waals surface area contributed by atoms with E-state index in [2.05, 4.69) is 39.0 Å². The summed E-state index contributed by atoms with van der Waals surface area (Å²) >= 11 is 0. The fourth-order valence-corrected chi connectivity index (χ4v) is 3.78. The van der Waals surface area contributed by atoms with Gasteiger partial charge >= 0.3 is 0 Å². The number of hydrogen-bond donors (Lipinski definition) is 1. The quantitative estimate of drug-likeness (QED) is 0.832. The molecular formula is C17H27N. The van der Waals surface area contributed by atoms with E-state index >= 15 is 0 Å². The van der Waals surface area contributed by atoms with Crippen LogP contribution in [0.1, 0.15) is 61.8 Å². The summed E-state index contributed by atoms with van der Waals surface area (Å²) in [4.78, 5) is 0. The van der Waals surface area contributed by atoms with Gasteiger partial charge in [-0.1, -0.05) is 50.8 Å². The summed E-state index contributed by atoms with van der Waals surface area (Å²) in [5.74, 6) is 1.51. The van der Waals surface area contributed by atoms with Gasteiger partial charge in [-0.05, 0) is 48.8 Å². The third-order valence-electron chi connectivity index (χ3n) is 4.83. The second-order valence-corrected chi connectivity index (χ2v) is 5.95. The maximum absolute atomic E-state index is 6.64. The smallest absolute Gasteiger partial charge is 0.0331 e. The second kappa shape index (κ2) is 5.88. The monoisotopic (exact) mass is 245 g/mol. The number of hydrogen-bond acceptors (Lipinski definition) is 1. The van der Waals surface area contributed by atoms with Gasteiger partial charge in [0.05, 0.1) is 0 Å². The van der Waals surface area contributed by atoms with Crippen LogP contribution in [-0.4, -0.2) is 0 Å². The van der Waals surface area contributed by atoms with Crippen molar-refractivity contribution in [2.75, 3.05) is 0 Å². The SMILES string of the molecule is CCC1CCCCC1C(N)c1c(C)cccc1C. The standard InChI is InChI=1S/C17H27N/c1-4-14-10-5-6-11-15(14)17(18)16-12(2)8-7-9-13(16)3/h7-9,14-15,17H,4-6,10-11,18H2,1-3H3. The van der Waals surface area contributed by atoms with Crippen LogP contribution in [0, 0.1) is 25.7 Å². The molecular weight excluding hydrogens is 218 g/mol. The van der Waals surface area contributed by atoms with E-state index in [9.17, 15) is 0 Å². The molecule has 1 fully saturated rings. The summed E-state index contributed by atoms with van der Waals surface area (Å²) in [6.07, 6.45) is 6.73. The maximum atomic E-state index is 6.64. The Bertz CT molecular complexity index is 376. The third kappa shape index (κ3) is 2.61. The van der Waals surface area contributed by atoms with Gasteiger partial charge in [-0.15, -0.1) is 0 Å². The predicted octanol–water partition coefficient (Wildman–Crippen LogP) is 4.52. The van der Waals surface area contributed by atoms with Crippen LogP contribution in [0.15, 0.2) is 18.2 Å². The first kappa shape index (κ1) is 13.6. The van der Waals surface area contributed by atoms with Crippen LogP contribution in [0.5, 0.6) is 0 Å². The molecule has 1 aromatic carbocycles. The predicted molar refractivity (Wildman–Crippen MR) is 78.6 cm³/mol. The van der Waals surface area contributed by atoms with Crippen LogP contribution in [0.4, 0.5) is 0 Å². The molecule has 2 rings (SSSR count). The van der Waals surface area contributed by atoms with Crippen LogP contribution in [-0.2, 0) is 0 Å². The first-order valence-electron chi connectivity index (χ1n) is 7.46. The van der Waals surface area contributed by atoms with Crippen LogP contribution in [0.25, 0.3) is 0 Å². The fraction of sp³-hybridized carbons (Fsp3) is 0.647. The minimum Gasteiger partial charge on any atom is -0.324 e. The maximum Gasteiger partial charge on any atom is 0.0331 e. The molecule has 1 aliphatic carbocycles. The molecule has 3 atom stereocenters. The first-order chi connectivity index (χ1) is 8.65. The highest BCUT2D eigenvalue weighted by molar-refractivity contribution is 5.36. The van der Waals surface area contributed by atoms with Crippen molar-refractivity contribution in [2.45, 2.75) is 58.9 Å². The van der Waals surface area contributed by atoms with Crippen LogP contribution in [0.3, 0.4) is 0 Å². The van der Waals surface area contributed by atoms with Gasteiger partial charge < -0.3 is 5.73 Å². The highest BCUT2D eigenvalue weighted by Crippen LogP contribution is 2.40. The van der Waals surface area contributed by atoms with E-state index in [1.165, 1.54) is 48.8 Å². The summed E-state index contributed by atoms with van der Waals surface area (Å²) in [7, 11) is 0. The van der Waals surface area contributed by atoms with Crippen molar-refractivity contribution in [3.8, 4) is 0 Å².